The molecular formula is C12H22N4. The molecule has 0 saturated heterocycles. The van der Waals surface area contributed by atoms with Gasteiger partial charge in [-0.2, -0.15) is 0 Å². The lowest BCUT2D eigenvalue weighted by Crippen LogP contribution is -2.23. The molecule has 0 amide bonds. The van der Waals surface area contributed by atoms with Crippen molar-refractivity contribution in [3.05, 3.63) is 12.2 Å². The third-order valence-electron chi connectivity index (χ3n) is 3.50. The van der Waals surface area contributed by atoms with Crippen molar-refractivity contribution in [1.82, 2.24) is 20.1 Å². The summed E-state index contributed by atoms with van der Waals surface area (Å²) in [6.45, 7) is 1.97. The van der Waals surface area contributed by atoms with Crippen molar-refractivity contribution >= 4 is 0 Å². The summed E-state index contributed by atoms with van der Waals surface area (Å²) in [5, 5.41) is 11.4. The summed E-state index contributed by atoms with van der Waals surface area (Å²) in [6.07, 6.45) is 10.2. The highest BCUT2D eigenvalue weighted by atomic mass is 15.3. The van der Waals surface area contributed by atoms with Crippen LogP contribution >= 0.6 is 0 Å². The summed E-state index contributed by atoms with van der Waals surface area (Å²) in [7, 11) is 1.99. The van der Waals surface area contributed by atoms with Gasteiger partial charge in [0.05, 0.1) is 6.54 Å². The maximum absolute atomic E-state index is 4.07. The zero-order valence-corrected chi connectivity index (χ0v) is 10.2. The molecule has 90 valence electrons. The third kappa shape index (κ3) is 3.30. The third-order valence-corrected chi connectivity index (χ3v) is 3.50. The zero-order chi connectivity index (χ0) is 11.2. The maximum atomic E-state index is 4.07. The summed E-state index contributed by atoms with van der Waals surface area (Å²) in [6, 6.07) is 0. The summed E-state index contributed by atoms with van der Waals surface area (Å²) >= 11 is 0. The molecule has 4 nitrogen and oxygen atoms in total. The molecule has 1 fully saturated rings. The van der Waals surface area contributed by atoms with Crippen LogP contribution in [0.3, 0.4) is 0 Å². The Kier molecular flexibility index (Phi) is 4.34. The van der Waals surface area contributed by atoms with Gasteiger partial charge in [-0.05, 0) is 25.3 Å². The Morgan fingerprint density at radius 2 is 2.06 bits per heavy atom. The molecule has 1 aromatic heterocycles. The number of rotatable bonds is 4. The Labute approximate surface area is 97.5 Å². The van der Waals surface area contributed by atoms with Crippen LogP contribution in [0.5, 0.6) is 0 Å². The minimum absolute atomic E-state index is 0.840. The molecule has 1 aliphatic rings. The van der Waals surface area contributed by atoms with Crippen LogP contribution < -0.4 is 5.32 Å². The fourth-order valence-electron chi connectivity index (χ4n) is 2.42. The second kappa shape index (κ2) is 5.99. The van der Waals surface area contributed by atoms with Gasteiger partial charge in [0, 0.05) is 7.05 Å². The van der Waals surface area contributed by atoms with E-state index >= 15 is 0 Å². The Hall–Kier alpha value is -0.900. The number of hydrogen-bond donors (Lipinski definition) is 1. The molecule has 2 rings (SSSR count). The molecule has 1 aromatic rings. The van der Waals surface area contributed by atoms with Crippen molar-refractivity contribution < 1.29 is 0 Å². The SMILES string of the molecule is Cn1cnnc1CNCC1CCCCCC1. The minimum atomic E-state index is 0.840. The molecule has 0 bridgehead atoms. The molecular weight excluding hydrogens is 200 g/mol. The van der Waals surface area contributed by atoms with Crippen molar-refractivity contribution in [1.29, 1.82) is 0 Å². The lowest BCUT2D eigenvalue weighted by atomic mass is 10.0. The molecule has 1 aliphatic carbocycles. The van der Waals surface area contributed by atoms with Crippen LogP contribution in [-0.4, -0.2) is 21.3 Å². The number of aryl methyl sites for hydroxylation is 1. The smallest absolute Gasteiger partial charge is 0.146 e. The number of nitrogens with one attached hydrogen (secondary N) is 1. The molecule has 0 spiro atoms. The van der Waals surface area contributed by atoms with Gasteiger partial charge in [-0.3, -0.25) is 0 Å². The molecule has 0 unspecified atom stereocenters. The van der Waals surface area contributed by atoms with Crippen LogP contribution in [0.4, 0.5) is 0 Å². The molecule has 0 atom stereocenters. The van der Waals surface area contributed by atoms with Crippen LogP contribution in [0.15, 0.2) is 6.33 Å². The Bertz CT molecular complexity index is 300. The van der Waals surface area contributed by atoms with Crippen LogP contribution in [0, 0.1) is 5.92 Å². The Morgan fingerprint density at radius 3 is 2.69 bits per heavy atom. The van der Waals surface area contributed by atoms with Crippen molar-refractivity contribution in [3.8, 4) is 0 Å². The molecule has 1 saturated carbocycles. The fraction of sp³-hybridized carbons (Fsp3) is 0.833. The number of hydrogen-bond acceptors (Lipinski definition) is 3. The van der Waals surface area contributed by atoms with E-state index in [2.05, 4.69) is 15.5 Å². The highest BCUT2D eigenvalue weighted by Gasteiger charge is 2.11. The lowest BCUT2D eigenvalue weighted by Gasteiger charge is -2.14. The van der Waals surface area contributed by atoms with E-state index < -0.39 is 0 Å². The first-order valence-corrected chi connectivity index (χ1v) is 6.40. The molecule has 16 heavy (non-hydrogen) atoms. The maximum Gasteiger partial charge on any atom is 0.146 e. The predicted molar refractivity (Wildman–Crippen MR) is 63.9 cm³/mol. The lowest BCUT2D eigenvalue weighted by molar-refractivity contribution is 0.420. The van der Waals surface area contributed by atoms with Crippen LogP contribution in [0.25, 0.3) is 0 Å². The van der Waals surface area contributed by atoms with Gasteiger partial charge in [0.1, 0.15) is 12.2 Å². The summed E-state index contributed by atoms with van der Waals surface area (Å²) < 4.78 is 1.97. The van der Waals surface area contributed by atoms with Crippen LogP contribution in [0.1, 0.15) is 44.3 Å². The first-order chi connectivity index (χ1) is 7.86. The highest BCUT2D eigenvalue weighted by molar-refractivity contribution is 4.83. The van der Waals surface area contributed by atoms with Crippen molar-refractivity contribution in [2.45, 2.75) is 45.1 Å². The van der Waals surface area contributed by atoms with E-state index in [9.17, 15) is 0 Å². The van der Waals surface area contributed by atoms with E-state index in [0.29, 0.717) is 0 Å². The molecule has 0 aliphatic heterocycles. The fourth-order valence-corrected chi connectivity index (χ4v) is 2.42. The predicted octanol–water partition coefficient (Wildman–Crippen LogP) is 1.88. The van der Waals surface area contributed by atoms with Crippen molar-refractivity contribution in [2.24, 2.45) is 13.0 Å². The number of aromatic nitrogens is 3. The normalized spacial score (nSPS) is 18.6. The van der Waals surface area contributed by atoms with E-state index in [-0.39, 0.29) is 0 Å². The van der Waals surface area contributed by atoms with Gasteiger partial charge in [-0.15, -0.1) is 10.2 Å². The van der Waals surface area contributed by atoms with E-state index in [1.165, 1.54) is 38.5 Å². The van der Waals surface area contributed by atoms with Crippen LogP contribution in [-0.2, 0) is 13.6 Å². The summed E-state index contributed by atoms with van der Waals surface area (Å²) in [5.74, 6) is 1.89. The summed E-state index contributed by atoms with van der Waals surface area (Å²) in [5.41, 5.74) is 0. The van der Waals surface area contributed by atoms with Crippen molar-refractivity contribution in [3.63, 3.8) is 0 Å². The molecule has 1 heterocycles. The second-order valence-electron chi connectivity index (χ2n) is 4.85. The van der Waals surface area contributed by atoms with Gasteiger partial charge >= 0.3 is 0 Å². The van der Waals surface area contributed by atoms with Gasteiger partial charge in [0.25, 0.3) is 0 Å². The van der Waals surface area contributed by atoms with Gasteiger partial charge in [0.2, 0.25) is 0 Å². The largest absolute Gasteiger partial charge is 0.320 e. The Morgan fingerprint density at radius 1 is 1.31 bits per heavy atom. The first kappa shape index (κ1) is 11.6. The standard InChI is InChI=1S/C12H22N4/c1-16-10-14-15-12(16)9-13-8-11-6-4-2-3-5-7-11/h10-11,13H,2-9H2,1H3. The minimum Gasteiger partial charge on any atom is -0.320 e. The van der Waals surface area contributed by atoms with E-state index in [1.807, 2.05) is 11.6 Å². The molecule has 1 N–H and O–H groups in total. The molecule has 0 aromatic carbocycles. The Balaban J connectivity index is 1.69. The number of nitrogens with zero attached hydrogens (tertiary/aromatic N) is 3. The monoisotopic (exact) mass is 222 g/mol. The first-order valence-electron chi connectivity index (χ1n) is 6.40. The van der Waals surface area contributed by atoms with Crippen LogP contribution in [0.2, 0.25) is 0 Å². The van der Waals surface area contributed by atoms with E-state index in [4.69, 9.17) is 0 Å². The molecule has 4 heteroatoms. The van der Waals surface area contributed by atoms with Gasteiger partial charge in [-0.1, -0.05) is 25.7 Å². The van der Waals surface area contributed by atoms with E-state index in [0.717, 1.165) is 24.8 Å². The van der Waals surface area contributed by atoms with Crippen molar-refractivity contribution in [2.75, 3.05) is 6.54 Å². The highest BCUT2D eigenvalue weighted by Crippen LogP contribution is 2.22. The zero-order valence-electron chi connectivity index (χ0n) is 10.2. The van der Waals surface area contributed by atoms with Gasteiger partial charge in [-0.25, -0.2) is 0 Å². The second-order valence-corrected chi connectivity index (χ2v) is 4.85. The van der Waals surface area contributed by atoms with E-state index in [1.54, 1.807) is 6.33 Å². The topological polar surface area (TPSA) is 42.7 Å². The summed E-state index contributed by atoms with van der Waals surface area (Å²) in [4.78, 5) is 0. The average Bonchev–Trinajstić information content (AvgIpc) is 2.55. The molecule has 0 radical (unpaired) electrons. The quantitative estimate of drug-likeness (QED) is 0.791. The van der Waals surface area contributed by atoms with Gasteiger partial charge < -0.3 is 9.88 Å². The average molecular weight is 222 g/mol. The van der Waals surface area contributed by atoms with Gasteiger partial charge in [0.15, 0.2) is 0 Å².